The van der Waals surface area contributed by atoms with Crippen molar-refractivity contribution in [3.8, 4) is 0 Å². The largest absolute Gasteiger partial charge is 0.338 e. The molecule has 0 bridgehead atoms. The van der Waals surface area contributed by atoms with Crippen molar-refractivity contribution < 1.29 is 26.9 Å². The minimum atomic E-state index is -3.11. The second-order valence-corrected chi connectivity index (χ2v) is 13.5. The zero-order chi connectivity index (χ0) is 12.9. The Kier molecular flexibility index (Phi) is 18.1. The van der Waals surface area contributed by atoms with Gasteiger partial charge in [-0.2, -0.15) is 0 Å². The molecule has 0 unspecified atom stereocenters. The van der Waals surface area contributed by atoms with Crippen LogP contribution < -0.4 is 0 Å². The molecular formula is C10H25O2PS2Zn. The number of thiol groups is 1. The monoisotopic (exact) mass is 336 g/mol. The number of hydrogen-bond donors (Lipinski definition) is 3. The molecule has 0 aliphatic carbocycles. The van der Waals surface area contributed by atoms with Crippen molar-refractivity contribution in [2.24, 2.45) is 0 Å². The molecule has 0 aromatic rings. The first kappa shape index (κ1) is 19.9. The molecule has 0 saturated carbocycles. The molecule has 2 nitrogen and oxygen atoms in total. The van der Waals surface area contributed by atoms with Crippen LogP contribution in [0, 0.1) is 0 Å². The Hall–Kier alpha value is 1.54. The summed E-state index contributed by atoms with van der Waals surface area (Å²) in [7, 11) is 0. The van der Waals surface area contributed by atoms with Crippen molar-refractivity contribution in [2.75, 3.05) is 0 Å². The van der Waals surface area contributed by atoms with Crippen LogP contribution in [0.1, 0.15) is 52.4 Å². The van der Waals surface area contributed by atoms with Crippen LogP contribution in [0.2, 0.25) is 10.0 Å². The zero-order valence-corrected chi connectivity index (χ0v) is 16.1. The zero-order valence-electron chi connectivity index (χ0n) is 10.6. The molecule has 0 saturated heterocycles. The quantitative estimate of drug-likeness (QED) is 0.266. The van der Waals surface area contributed by atoms with Crippen molar-refractivity contribution in [3.05, 3.63) is 0 Å². The molecule has 0 fully saturated rings. The van der Waals surface area contributed by atoms with E-state index >= 15 is 0 Å². The van der Waals surface area contributed by atoms with E-state index in [-0.39, 0.29) is 17.1 Å². The summed E-state index contributed by atoms with van der Waals surface area (Å²) in [5, 5.41) is 3.31. The molecule has 2 N–H and O–H groups in total. The van der Waals surface area contributed by atoms with E-state index in [1.165, 1.54) is 32.1 Å². The van der Waals surface area contributed by atoms with Gasteiger partial charge in [0, 0.05) is 0 Å². The van der Waals surface area contributed by atoms with E-state index in [9.17, 15) is 0 Å². The fourth-order valence-electron chi connectivity index (χ4n) is 1.38. The molecule has 0 spiro atoms. The van der Waals surface area contributed by atoms with Gasteiger partial charge in [0.25, 0.3) is 0 Å². The standard InChI is InChI=1S/C6H13.C4H9.H3O2PS2.Zn/c1-3-5-6-4-2;1-3-4-2;1-3(2,4)5;/h1,3-6H2,2H3;1,3-4H2,2H3;(H3,1,2,4,5);. The van der Waals surface area contributed by atoms with Crippen LogP contribution in [0.5, 0.6) is 0 Å². The molecule has 0 atom stereocenters. The Bertz CT molecular complexity index is 160. The third-order valence-electron chi connectivity index (χ3n) is 2.21. The molecule has 0 aromatic carbocycles. The van der Waals surface area contributed by atoms with Crippen molar-refractivity contribution in [2.45, 2.75) is 62.4 Å². The normalized spacial score (nSPS) is 10.3. The number of rotatable bonds is 8. The summed E-state index contributed by atoms with van der Waals surface area (Å²) in [5.41, 5.74) is -3.11. The molecule has 6 heteroatoms. The van der Waals surface area contributed by atoms with Gasteiger partial charge in [0.15, 0.2) is 0 Å². The predicted octanol–water partition coefficient (Wildman–Crippen LogP) is 4.41. The van der Waals surface area contributed by atoms with E-state index in [1.54, 1.807) is 16.5 Å². The summed E-state index contributed by atoms with van der Waals surface area (Å²) in [4.78, 5) is 15.7. The summed E-state index contributed by atoms with van der Waals surface area (Å²) in [6, 6.07) is 0. The first-order valence-corrected chi connectivity index (χ1v) is 14.3. The van der Waals surface area contributed by atoms with Gasteiger partial charge in [0.1, 0.15) is 0 Å². The summed E-state index contributed by atoms with van der Waals surface area (Å²) < 4.78 is 0. The van der Waals surface area contributed by atoms with Crippen molar-refractivity contribution in [1.29, 1.82) is 0 Å². The molecule has 0 heterocycles. The van der Waals surface area contributed by atoms with Crippen molar-refractivity contribution in [3.63, 3.8) is 0 Å². The maximum Gasteiger partial charge on any atom is 0.239 e. The van der Waals surface area contributed by atoms with Crippen molar-refractivity contribution in [1.82, 2.24) is 0 Å². The fourth-order valence-corrected chi connectivity index (χ4v) is 5.40. The van der Waals surface area contributed by atoms with Crippen LogP contribution in [-0.2, 0) is 28.9 Å². The third-order valence-corrected chi connectivity index (χ3v) is 6.40. The SMILES string of the molecule is CCCCC[CH2][Zn][CH2]CCC.OP(O)(=S)S. The van der Waals surface area contributed by atoms with Crippen molar-refractivity contribution >= 4 is 29.7 Å². The molecule has 0 radical (unpaired) electrons. The summed E-state index contributed by atoms with van der Waals surface area (Å²) in [5.74, 6) is 0. The molecule has 96 valence electrons. The molecule has 0 aromatic heterocycles. The van der Waals surface area contributed by atoms with Gasteiger partial charge >= 0.3 is 79.5 Å². The molecule has 0 rings (SSSR count). The topological polar surface area (TPSA) is 40.5 Å². The third kappa shape index (κ3) is 36.1. The summed E-state index contributed by atoms with van der Waals surface area (Å²) in [6.07, 6.45) is 8.86. The number of unbranched alkanes of at least 4 members (excludes halogenated alkanes) is 4. The Balaban J connectivity index is 0. The van der Waals surface area contributed by atoms with Gasteiger partial charge < -0.3 is 9.79 Å². The van der Waals surface area contributed by atoms with E-state index in [4.69, 9.17) is 9.79 Å². The second kappa shape index (κ2) is 14.6. The van der Waals surface area contributed by atoms with Crippen LogP contribution in [0.15, 0.2) is 0 Å². The Morgan fingerprint density at radius 1 is 1.00 bits per heavy atom. The smallest absolute Gasteiger partial charge is 0.239 e. The van der Waals surface area contributed by atoms with Gasteiger partial charge in [-0.25, -0.2) is 0 Å². The van der Waals surface area contributed by atoms with Gasteiger partial charge in [-0.15, -0.1) is 0 Å². The maximum absolute atomic E-state index is 7.87. The van der Waals surface area contributed by atoms with Gasteiger partial charge in [-0.1, -0.05) is 12.2 Å². The molecule has 0 amide bonds. The van der Waals surface area contributed by atoms with Crippen LogP contribution in [0.4, 0.5) is 0 Å². The van der Waals surface area contributed by atoms with E-state index < -0.39 is 5.69 Å². The van der Waals surface area contributed by atoms with E-state index in [0.29, 0.717) is 0 Å². The first-order valence-electron chi connectivity index (χ1n) is 6.20. The van der Waals surface area contributed by atoms with Gasteiger partial charge in [-0.3, -0.25) is 0 Å². The van der Waals surface area contributed by atoms with Crippen LogP contribution in [-0.4, -0.2) is 9.79 Å². The van der Waals surface area contributed by atoms with E-state index in [2.05, 4.69) is 37.9 Å². The second-order valence-electron chi connectivity index (χ2n) is 3.99. The van der Waals surface area contributed by atoms with Crippen LogP contribution in [0.25, 0.3) is 0 Å². The summed E-state index contributed by atoms with van der Waals surface area (Å²) >= 11 is 7.06. The number of hydrogen-bond acceptors (Lipinski definition) is 1. The average Bonchev–Trinajstić information content (AvgIpc) is 2.14. The van der Waals surface area contributed by atoms with Crippen LogP contribution >= 0.6 is 17.9 Å². The van der Waals surface area contributed by atoms with Crippen LogP contribution in [0.3, 0.4) is 0 Å². The molecule has 0 aliphatic rings. The van der Waals surface area contributed by atoms with E-state index in [1.807, 2.05) is 0 Å². The summed E-state index contributed by atoms with van der Waals surface area (Å²) in [6.45, 7) is 4.60. The van der Waals surface area contributed by atoms with E-state index in [0.717, 1.165) is 0 Å². The minimum absolute atomic E-state index is 0.0118. The Morgan fingerprint density at radius 2 is 1.44 bits per heavy atom. The molecule has 16 heavy (non-hydrogen) atoms. The van der Waals surface area contributed by atoms with Gasteiger partial charge in [0.05, 0.1) is 0 Å². The Labute approximate surface area is 119 Å². The minimum Gasteiger partial charge on any atom is -0.338 e. The average molecular weight is 338 g/mol. The fraction of sp³-hybridized carbons (Fsp3) is 1.00. The molecular weight excluding hydrogens is 313 g/mol. The maximum atomic E-state index is 7.87. The molecule has 0 aliphatic heterocycles. The first-order chi connectivity index (χ1) is 7.41. The Morgan fingerprint density at radius 3 is 1.88 bits per heavy atom. The predicted molar refractivity (Wildman–Crippen MR) is 76.4 cm³/mol. The van der Waals surface area contributed by atoms with Gasteiger partial charge in [-0.05, 0) is 11.8 Å². The van der Waals surface area contributed by atoms with Gasteiger partial charge in [0.2, 0.25) is 5.69 Å².